The van der Waals surface area contributed by atoms with E-state index in [4.69, 9.17) is 11.6 Å². The summed E-state index contributed by atoms with van der Waals surface area (Å²) in [7, 11) is 3.84. The van der Waals surface area contributed by atoms with Crippen molar-refractivity contribution in [3.63, 3.8) is 0 Å². The Hall–Kier alpha value is -0.760. The molecule has 1 rings (SSSR count). The van der Waals surface area contributed by atoms with E-state index in [1.165, 1.54) is 0 Å². The predicted octanol–water partition coefficient (Wildman–Crippen LogP) is 2.11. The van der Waals surface area contributed by atoms with Crippen LogP contribution in [0.1, 0.15) is 5.56 Å². The van der Waals surface area contributed by atoms with Gasteiger partial charge in [-0.05, 0) is 18.6 Å². The quantitative estimate of drug-likeness (QED) is 0.642. The van der Waals surface area contributed by atoms with E-state index < -0.39 is 0 Å². The molecule has 0 amide bonds. The van der Waals surface area contributed by atoms with Gasteiger partial charge >= 0.3 is 0 Å². The molecule has 0 saturated carbocycles. The van der Waals surface area contributed by atoms with Crippen LogP contribution in [0.2, 0.25) is 5.02 Å². The first kappa shape index (κ1) is 8.34. The number of hydrogen-bond acceptors (Lipinski definition) is 2. The SMILES string of the molecule is Cc1cnc(N(C)C)c(Cl)c1. The molecular weight excluding hydrogens is 160 g/mol. The summed E-state index contributed by atoms with van der Waals surface area (Å²) < 4.78 is 0. The van der Waals surface area contributed by atoms with Gasteiger partial charge in [-0.15, -0.1) is 0 Å². The molecule has 0 atom stereocenters. The van der Waals surface area contributed by atoms with Crippen molar-refractivity contribution in [1.82, 2.24) is 4.98 Å². The average Bonchev–Trinajstić information content (AvgIpc) is 1.85. The van der Waals surface area contributed by atoms with Gasteiger partial charge in [0, 0.05) is 20.3 Å². The second kappa shape index (κ2) is 3.09. The number of anilines is 1. The number of aryl methyl sites for hydroxylation is 1. The fourth-order valence-electron chi connectivity index (χ4n) is 0.855. The number of aromatic nitrogens is 1. The summed E-state index contributed by atoms with van der Waals surface area (Å²) in [6.07, 6.45) is 1.81. The molecule has 0 unspecified atom stereocenters. The fraction of sp³-hybridized carbons (Fsp3) is 0.375. The molecule has 0 radical (unpaired) electrons. The summed E-state index contributed by atoms with van der Waals surface area (Å²) >= 11 is 5.92. The third-order valence-electron chi connectivity index (χ3n) is 1.38. The maximum absolute atomic E-state index is 5.92. The van der Waals surface area contributed by atoms with Gasteiger partial charge in [-0.25, -0.2) is 4.98 Å². The molecule has 0 spiro atoms. The van der Waals surface area contributed by atoms with Gasteiger partial charge in [0.2, 0.25) is 0 Å². The number of halogens is 1. The summed E-state index contributed by atoms with van der Waals surface area (Å²) in [6, 6.07) is 1.91. The van der Waals surface area contributed by atoms with Gasteiger partial charge in [0.05, 0.1) is 5.02 Å². The van der Waals surface area contributed by atoms with Crippen LogP contribution >= 0.6 is 11.6 Å². The lowest BCUT2D eigenvalue weighted by atomic mass is 10.3. The van der Waals surface area contributed by atoms with E-state index in [1.54, 1.807) is 6.20 Å². The largest absolute Gasteiger partial charge is 0.362 e. The monoisotopic (exact) mass is 170 g/mol. The Morgan fingerprint density at radius 1 is 1.45 bits per heavy atom. The summed E-state index contributed by atoms with van der Waals surface area (Å²) in [6.45, 7) is 1.97. The van der Waals surface area contributed by atoms with E-state index in [0.717, 1.165) is 11.4 Å². The summed E-state index contributed by atoms with van der Waals surface area (Å²) in [5.41, 5.74) is 1.08. The summed E-state index contributed by atoms with van der Waals surface area (Å²) in [4.78, 5) is 6.06. The first-order valence-corrected chi connectivity index (χ1v) is 3.78. The fourth-order valence-corrected chi connectivity index (χ4v) is 1.25. The number of nitrogens with zero attached hydrogens (tertiary/aromatic N) is 2. The van der Waals surface area contributed by atoms with Gasteiger partial charge < -0.3 is 4.90 Å². The van der Waals surface area contributed by atoms with E-state index in [0.29, 0.717) is 5.02 Å². The summed E-state index contributed by atoms with van der Waals surface area (Å²) in [5, 5.41) is 0.704. The minimum absolute atomic E-state index is 0.704. The van der Waals surface area contributed by atoms with E-state index in [2.05, 4.69) is 4.98 Å². The second-order valence-corrected chi connectivity index (χ2v) is 3.12. The van der Waals surface area contributed by atoms with Crippen molar-refractivity contribution in [2.24, 2.45) is 0 Å². The second-order valence-electron chi connectivity index (χ2n) is 2.71. The van der Waals surface area contributed by atoms with Crippen LogP contribution in [0, 0.1) is 6.92 Å². The van der Waals surface area contributed by atoms with Gasteiger partial charge in [0.25, 0.3) is 0 Å². The van der Waals surface area contributed by atoms with Crippen molar-refractivity contribution in [2.45, 2.75) is 6.92 Å². The Bertz CT molecular complexity index is 258. The first-order chi connectivity index (χ1) is 5.11. The molecule has 2 nitrogen and oxygen atoms in total. The zero-order valence-electron chi connectivity index (χ0n) is 6.93. The van der Waals surface area contributed by atoms with Crippen molar-refractivity contribution >= 4 is 17.4 Å². The molecule has 3 heteroatoms. The maximum Gasteiger partial charge on any atom is 0.146 e. The molecule has 1 aromatic heterocycles. The molecule has 1 aromatic rings. The van der Waals surface area contributed by atoms with Crippen LogP contribution in [-0.4, -0.2) is 19.1 Å². The minimum Gasteiger partial charge on any atom is -0.362 e. The van der Waals surface area contributed by atoms with E-state index in [1.807, 2.05) is 32.0 Å². The molecule has 0 aliphatic carbocycles. The van der Waals surface area contributed by atoms with Gasteiger partial charge in [-0.3, -0.25) is 0 Å². The number of rotatable bonds is 1. The molecule has 11 heavy (non-hydrogen) atoms. The Morgan fingerprint density at radius 2 is 2.09 bits per heavy atom. The highest BCUT2D eigenvalue weighted by Crippen LogP contribution is 2.21. The molecule has 60 valence electrons. The van der Waals surface area contributed by atoms with E-state index in [-0.39, 0.29) is 0 Å². The molecule has 0 aliphatic heterocycles. The Labute approximate surface area is 71.8 Å². The molecule has 0 aromatic carbocycles. The van der Waals surface area contributed by atoms with Crippen molar-refractivity contribution in [3.8, 4) is 0 Å². The Kier molecular flexibility index (Phi) is 2.35. The molecule has 0 fully saturated rings. The maximum atomic E-state index is 5.92. The Morgan fingerprint density at radius 3 is 2.55 bits per heavy atom. The average molecular weight is 171 g/mol. The van der Waals surface area contributed by atoms with Crippen LogP contribution in [0.25, 0.3) is 0 Å². The van der Waals surface area contributed by atoms with Crippen molar-refractivity contribution < 1.29 is 0 Å². The smallest absolute Gasteiger partial charge is 0.146 e. The topological polar surface area (TPSA) is 16.1 Å². The predicted molar refractivity (Wildman–Crippen MR) is 48.3 cm³/mol. The lowest BCUT2D eigenvalue weighted by Crippen LogP contribution is -2.10. The van der Waals surface area contributed by atoms with Gasteiger partial charge in [0.1, 0.15) is 5.82 Å². The number of hydrogen-bond donors (Lipinski definition) is 0. The molecule has 0 N–H and O–H groups in total. The molecule has 0 aliphatic rings. The van der Waals surface area contributed by atoms with Crippen LogP contribution < -0.4 is 4.90 Å². The van der Waals surface area contributed by atoms with Crippen LogP contribution in [-0.2, 0) is 0 Å². The highest BCUT2D eigenvalue weighted by Gasteiger charge is 2.02. The van der Waals surface area contributed by atoms with Crippen molar-refractivity contribution in [3.05, 3.63) is 22.8 Å². The standard InChI is InChI=1S/C8H11ClN2/c1-6-4-7(9)8(10-5-6)11(2)3/h4-5H,1-3H3. The van der Waals surface area contributed by atoms with Crippen molar-refractivity contribution in [1.29, 1.82) is 0 Å². The summed E-state index contributed by atoms with van der Waals surface area (Å²) in [5.74, 6) is 0.817. The zero-order chi connectivity index (χ0) is 8.43. The molecule has 0 saturated heterocycles. The van der Waals surface area contributed by atoms with Crippen LogP contribution in [0.3, 0.4) is 0 Å². The normalized spacial score (nSPS) is 9.82. The third kappa shape index (κ3) is 1.84. The molecular formula is C8H11ClN2. The van der Waals surface area contributed by atoms with E-state index >= 15 is 0 Å². The third-order valence-corrected chi connectivity index (χ3v) is 1.66. The minimum atomic E-state index is 0.704. The Balaban J connectivity index is 3.09. The lowest BCUT2D eigenvalue weighted by Gasteiger charge is -2.12. The van der Waals surface area contributed by atoms with Crippen LogP contribution in [0.4, 0.5) is 5.82 Å². The molecule has 1 heterocycles. The van der Waals surface area contributed by atoms with E-state index in [9.17, 15) is 0 Å². The lowest BCUT2D eigenvalue weighted by molar-refractivity contribution is 1.06. The zero-order valence-corrected chi connectivity index (χ0v) is 7.68. The number of pyridine rings is 1. The van der Waals surface area contributed by atoms with Gasteiger partial charge in [-0.2, -0.15) is 0 Å². The first-order valence-electron chi connectivity index (χ1n) is 3.40. The van der Waals surface area contributed by atoms with Gasteiger partial charge in [0.15, 0.2) is 0 Å². The molecule has 0 bridgehead atoms. The highest BCUT2D eigenvalue weighted by atomic mass is 35.5. The van der Waals surface area contributed by atoms with Crippen molar-refractivity contribution in [2.75, 3.05) is 19.0 Å². The van der Waals surface area contributed by atoms with Gasteiger partial charge in [-0.1, -0.05) is 11.6 Å². The van der Waals surface area contributed by atoms with Crippen LogP contribution in [0.5, 0.6) is 0 Å². The highest BCUT2D eigenvalue weighted by molar-refractivity contribution is 6.33. The van der Waals surface area contributed by atoms with Crippen LogP contribution in [0.15, 0.2) is 12.3 Å².